The van der Waals surface area contributed by atoms with Crippen molar-refractivity contribution < 1.29 is 4.74 Å². The first kappa shape index (κ1) is 10.6. The van der Waals surface area contributed by atoms with Gasteiger partial charge in [0, 0.05) is 13.7 Å². The van der Waals surface area contributed by atoms with E-state index >= 15 is 0 Å². The fourth-order valence-corrected chi connectivity index (χ4v) is 1.09. The summed E-state index contributed by atoms with van der Waals surface area (Å²) in [7, 11) is 5.64. The van der Waals surface area contributed by atoms with Crippen LogP contribution in [0.2, 0.25) is 0 Å². The maximum absolute atomic E-state index is 5.37. The molecule has 66 valence electrons. The zero-order valence-corrected chi connectivity index (χ0v) is 7.79. The second-order valence-electron chi connectivity index (χ2n) is 2.74. The highest BCUT2D eigenvalue weighted by molar-refractivity contribution is 5.04. The molecule has 2 N–H and O–H groups in total. The zero-order chi connectivity index (χ0) is 8.85. The van der Waals surface area contributed by atoms with Crippen LogP contribution in [0.25, 0.3) is 0 Å². The van der Waals surface area contributed by atoms with Gasteiger partial charge in [0.2, 0.25) is 0 Å². The van der Waals surface area contributed by atoms with Crippen molar-refractivity contribution in [2.75, 3.05) is 27.7 Å². The first-order valence-electron chi connectivity index (χ1n) is 3.69. The van der Waals surface area contributed by atoms with Crippen LogP contribution >= 0.6 is 0 Å². The van der Waals surface area contributed by atoms with Gasteiger partial charge in [0.15, 0.2) is 0 Å². The topological polar surface area (TPSA) is 38.5 Å². The lowest BCUT2D eigenvalue weighted by Gasteiger charge is -2.23. The van der Waals surface area contributed by atoms with Gasteiger partial charge in [-0.1, -0.05) is 6.08 Å². The van der Waals surface area contributed by atoms with E-state index in [9.17, 15) is 0 Å². The van der Waals surface area contributed by atoms with Crippen molar-refractivity contribution >= 4 is 0 Å². The molecule has 0 fully saturated rings. The lowest BCUT2D eigenvalue weighted by Crippen LogP contribution is -2.30. The van der Waals surface area contributed by atoms with E-state index in [0.29, 0.717) is 6.54 Å². The molecule has 0 aliphatic carbocycles. The van der Waals surface area contributed by atoms with E-state index in [0.717, 1.165) is 5.57 Å². The summed E-state index contributed by atoms with van der Waals surface area (Å²) in [6.45, 7) is 2.58. The van der Waals surface area contributed by atoms with E-state index in [-0.39, 0.29) is 6.23 Å². The Kier molecular flexibility index (Phi) is 5.11. The molecule has 0 saturated carbocycles. The van der Waals surface area contributed by atoms with Crippen LogP contribution in [0.1, 0.15) is 6.92 Å². The predicted molar refractivity (Wildman–Crippen MR) is 47.3 cm³/mol. The van der Waals surface area contributed by atoms with Crippen molar-refractivity contribution in [1.82, 2.24) is 4.90 Å². The van der Waals surface area contributed by atoms with Crippen LogP contribution in [0.4, 0.5) is 0 Å². The molecule has 0 spiro atoms. The van der Waals surface area contributed by atoms with Gasteiger partial charge in [0.1, 0.15) is 6.23 Å². The molecule has 11 heavy (non-hydrogen) atoms. The Labute approximate surface area is 68.8 Å². The third-order valence-electron chi connectivity index (χ3n) is 1.52. The maximum atomic E-state index is 5.37. The van der Waals surface area contributed by atoms with E-state index in [4.69, 9.17) is 10.5 Å². The molecule has 0 rings (SSSR count). The molecule has 0 saturated heterocycles. The SMILES string of the molecule is CO[C@@H](/C(C)=C/CN)N(C)C. The standard InChI is InChI=1S/C8H18N2O/c1-7(5-6-9)8(11-4)10(2)3/h5,8H,6,9H2,1-4H3/b7-5+/t8-/m0/s1. The molecule has 0 radical (unpaired) electrons. The molecule has 0 aromatic rings. The van der Waals surface area contributed by atoms with E-state index in [1.165, 1.54) is 0 Å². The summed E-state index contributed by atoms with van der Waals surface area (Å²) in [6.07, 6.45) is 2.02. The smallest absolute Gasteiger partial charge is 0.131 e. The first-order chi connectivity index (χ1) is 5.13. The van der Waals surface area contributed by atoms with Crippen molar-refractivity contribution in [1.29, 1.82) is 0 Å². The van der Waals surface area contributed by atoms with E-state index in [2.05, 4.69) is 0 Å². The van der Waals surface area contributed by atoms with Crippen LogP contribution in [0, 0.1) is 0 Å². The van der Waals surface area contributed by atoms with E-state index in [1.807, 2.05) is 32.0 Å². The quantitative estimate of drug-likeness (QED) is 0.476. The number of nitrogens with two attached hydrogens (primary N) is 1. The van der Waals surface area contributed by atoms with Gasteiger partial charge in [-0.2, -0.15) is 0 Å². The van der Waals surface area contributed by atoms with Crippen LogP contribution < -0.4 is 5.73 Å². The summed E-state index contributed by atoms with van der Waals surface area (Å²) in [6, 6.07) is 0. The number of hydrogen-bond acceptors (Lipinski definition) is 3. The van der Waals surface area contributed by atoms with Gasteiger partial charge in [-0.15, -0.1) is 0 Å². The Morgan fingerprint density at radius 1 is 1.64 bits per heavy atom. The molecule has 3 heteroatoms. The average molecular weight is 158 g/mol. The van der Waals surface area contributed by atoms with Gasteiger partial charge in [0.25, 0.3) is 0 Å². The summed E-state index contributed by atoms with van der Waals surface area (Å²) in [4.78, 5) is 2.00. The monoisotopic (exact) mass is 158 g/mol. The van der Waals surface area contributed by atoms with Gasteiger partial charge >= 0.3 is 0 Å². The minimum Gasteiger partial charge on any atom is -0.362 e. The highest BCUT2D eigenvalue weighted by atomic mass is 16.5. The van der Waals surface area contributed by atoms with Crippen molar-refractivity contribution in [2.45, 2.75) is 13.2 Å². The van der Waals surface area contributed by atoms with Crippen molar-refractivity contribution in [2.24, 2.45) is 5.73 Å². The number of nitrogens with zero attached hydrogens (tertiary/aromatic N) is 1. The summed E-state index contributed by atoms with van der Waals surface area (Å²) >= 11 is 0. The second-order valence-corrected chi connectivity index (χ2v) is 2.74. The molecule has 0 unspecified atom stereocenters. The lowest BCUT2D eigenvalue weighted by atomic mass is 10.2. The number of rotatable bonds is 4. The van der Waals surface area contributed by atoms with Gasteiger partial charge in [-0.3, -0.25) is 4.90 Å². The molecule has 0 amide bonds. The second kappa shape index (κ2) is 5.29. The van der Waals surface area contributed by atoms with Crippen molar-refractivity contribution in [3.8, 4) is 0 Å². The molecular weight excluding hydrogens is 140 g/mol. The first-order valence-corrected chi connectivity index (χ1v) is 3.69. The lowest BCUT2D eigenvalue weighted by molar-refractivity contribution is 0.0250. The van der Waals surface area contributed by atoms with Crippen molar-refractivity contribution in [3.63, 3.8) is 0 Å². The van der Waals surface area contributed by atoms with E-state index in [1.54, 1.807) is 7.11 Å². The normalized spacial score (nSPS) is 15.6. The minimum absolute atomic E-state index is 0.0542. The van der Waals surface area contributed by atoms with Crippen molar-refractivity contribution in [3.05, 3.63) is 11.6 Å². The maximum Gasteiger partial charge on any atom is 0.131 e. The Morgan fingerprint density at radius 3 is 2.45 bits per heavy atom. The highest BCUT2D eigenvalue weighted by Crippen LogP contribution is 2.06. The molecule has 1 atom stereocenters. The highest BCUT2D eigenvalue weighted by Gasteiger charge is 2.10. The fraction of sp³-hybridized carbons (Fsp3) is 0.750. The Balaban J connectivity index is 4.13. The molecule has 0 heterocycles. The molecule has 0 aromatic heterocycles. The van der Waals surface area contributed by atoms with Gasteiger partial charge in [0.05, 0.1) is 0 Å². The Morgan fingerprint density at radius 2 is 2.18 bits per heavy atom. The van der Waals surface area contributed by atoms with Crippen LogP contribution in [0.15, 0.2) is 11.6 Å². The van der Waals surface area contributed by atoms with Crippen LogP contribution in [0.3, 0.4) is 0 Å². The molecule has 0 bridgehead atoms. The number of ether oxygens (including phenoxy) is 1. The predicted octanol–water partition coefficient (Wildman–Crippen LogP) is 0.426. The Hall–Kier alpha value is -0.380. The number of likely N-dealkylation sites (N-methyl/N-ethyl adjacent to an activating group) is 1. The largest absolute Gasteiger partial charge is 0.362 e. The third-order valence-corrected chi connectivity index (χ3v) is 1.52. The van der Waals surface area contributed by atoms with Crippen LogP contribution in [-0.2, 0) is 4.74 Å². The Bertz CT molecular complexity index is 132. The summed E-state index contributed by atoms with van der Waals surface area (Å²) in [5.74, 6) is 0. The minimum atomic E-state index is 0.0542. The zero-order valence-electron chi connectivity index (χ0n) is 7.79. The summed E-state index contributed by atoms with van der Waals surface area (Å²) in [5, 5.41) is 0. The number of hydrogen-bond donors (Lipinski definition) is 1. The molecular formula is C8H18N2O. The average Bonchev–Trinajstić information content (AvgIpc) is 1.88. The van der Waals surface area contributed by atoms with Crippen LogP contribution in [-0.4, -0.2) is 38.9 Å². The van der Waals surface area contributed by atoms with Crippen LogP contribution in [0.5, 0.6) is 0 Å². The molecule has 0 aliphatic heterocycles. The van der Waals surface area contributed by atoms with Gasteiger partial charge in [-0.25, -0.2) is 0 Å². The molecule has 0 aliphatic rings. The summed E-state index contributed by atoms with van der Waals surface area (Å²) < 4.78 is 5.23. The molecule has 0 aromatic carbocycles. The van der Waals surface area contributed by atoms with Gasteiger partial charge in [-0.05, 0) is 26.6 Å². The number of methoxy groups -OCH3 is 1. The molecule has 3 nitrogen and oxygen atoms in total. The van der Waals surface area contributed by atoms with E-state index < -0.39 is 0 Å². The summed E-state index contributed by atoms with van der Waals surface area (Å²) in [5.41, 5.74) is 6.52. The van der Waals surface area contributed by atoms with Gasteiger partial charge < -0.3 is 10.5 Å². The fourth-order valence-electron chi connectivity index (χ4n) is 1.09. The third kappa shape index (κ3) is 3.51.